The Hall–Kier alpha value is -0.730. The average Bonchev–Trinajstić information content (AvgIpc) is 2.50. The van der Waals surface area contributed by atoms with Crippen LogP contribution in [0.4, 0.5) is 4.79 Å². The lowest BCUT2D eigenvalue weighted by atomic mass is 9.95. The summed E-state index contributed by atoms with van der Waals surface area (Å²) in [6.45, 7) is 10.3. The molecule has 0 radical (unpaired) electrons. The van der Waals surface area contributed by atoms with E-state index in [9.17, 15) is 4.79 Å². The number of hydrogen-bond acceptors (Lipinski definition) is 1. The van der Waals surface area contributed by atoms with Crippen molar-refractivity contribution < 1.29 is 4.79 Å². The summed E-state index contributed by atoms with van der Waals surface area (Å²) in [4.78, 5) is 13.6. The van der Waals surface area contributed by atoms with Crippen LogP contribution in [0.1, 0.15) is 34.1 Å². The Kier molecular flexibility index (Phi) is 3.78. The van der Waals surface area contributed by atoms with Gasteiger partial charge in [0.15, 0.2) is 0 Å². The SMILES string of the molecule is CC(C)NC(=O)N1CCC(C(C)C)C1. The number of rotatable bonds is 2. The summed E-state index contributed by atoms with van der Waals surface area (Å²) < 4.78 is 0. The first-order valence-corrected chi connectivity index (χ1v) is 5.56. The van der Waals surface area contributed by atoms with E-state index in [2.05, 4.69) is 19.2 Å². The van der Waals surface area contributed by atoms with Crippen LogP contribution in [0, 0.1) is 11.8 Å². The first-order chi connectivity index (χ1) is 6.50. The van der Waals surface area contributed by atoms with Gasteiger partial charge in [-0.1, -0.05) is 13.8 Å². The molecule has 3 heteroatoms. The minimum absolute atomic E-state index is 0.100. The Bertz CT molecular complexity index is 201. The molecular formula is C11H22N2O. The third-order valence-corrected chi connectivity index (χ3v) is 2.87. The molecule has 82 valence electrons. The van der Waals surface area contributed by atoms with Gasteiger partial charge in [0.25, 0.3) is 0 Å². The molecule has 1 aliphatic rings. The monoisotopic (exact) mass is 198 g/mol. The highest BCUT2D eigenvalue weighted by Gasteiger charge is 2.27. The molecule has 0 bridgehead atoms. The standard InChI is InChI=1S/C11H22N2O/c1-8(2)10-5-6-13(7-10)11(14)12-9(3)4/h8-10H,5-7H2,1-4H3,(H,12,14). The van der Waals surface area contributed by atoms with Crippen molar-refractivity contribution >= 4 is 6.03 Å². The van der Waals surface area contributed by atoms with Gasteiger partial charge < -0.3 is 10.2 Å². The molecule has 1 fully saturated rings. The summed E-state index contributed by atoms with van der Waals surface area (Å²) in [5, 5.41) is 2.93. The van der Waals surface area contributed by atoms with Gasteiger partial charge in [-0.15, -0.1) is 0 Å². The fourth-order valence-electron chi connectivity index (χ4n) is 1.85. The van der Waals surface area contributed by atoms with Crippen LogP contribution in [-0.4, -0.2) is 30.1 Å². The Labute approximate surface area is 86.9 Å². The maximum absolute atomic E-state index is 11.6. The van der Waals surface area contributed by atoms with Crippen molar-refractivity contribution in [2.75, 3.05) is 13.1 Å². The van der Waals surface area contributed by atoms with Crippen LogP contribution in [0.5, 0.6) is 0 Å². The van der Waals surface area contributed by atoms with Crippen molar-refractivity contribution in [2.24, 2.45) is 11.8 Å². The van der Waals surface area contributed by atoms with Gasteiger partial charge in [-0.2, -0.15) is 0 Å². The smallest absolute Gasteiger partial charge is 0.317 e. The highest BCUT2D eigenvalue weighted by Crippen LogP contribution is 2.23. The zero-order valence-electron chi connectivity index (χ0n) is 9.71. The first kappa shape index (κ1) is 11.3. The van der Waals surface area contributed by atoms with E-state index in [-0.39, 0.29) is 12.1 Å². The lowest BCUT2D eigenvalue weighted by Crippen LogP contribution is -2.41. The zero-order valence-corrected chi connectivity index (χ0v) is 9.71. The van der Waals surface area contributed by atoms with Crippen LogP contribution >= 0.6 is 0 Å². The third-order valence-electron chi connectivity index (χ3n) is 2.87. The molecule has 1 aliphatic heterocycles. The molecule has 1 rings (SSSR count). The number of hydrogen-bond donors (Lipinski definition) is 1. The van der Waals surface area contributed by atoms with Crippen LogP contribution in [0.3, 0.4) is 0 Å². The van der Waals surface area contributed by atoms with Gasteiger partial charge in [0, 0.05) is 19.1 Å². The van der Waals surface area contributed by atoms with Crippen LogP contribution in [0.25, 0.3) is 0 Å². The van der Waals surface area contributed by atoms with Gasteiger partial charge >= 0.3 is 6.03 Å². The summed E-state index contributed by atoms with van der Waals surface area (Å²) in [5.74, 6) is 1.37. The lowest BCUT2D eigenvalue weighted by Gasteiger charge is -2.20. The highest BCUT2D eigenvalue weighted by molar-refractivity contribution is 5.74. The fourth-order valence-corrected chi connectivity index (χ4v) is 1.85. The van der Waals surface area contributed by atoms with Gasteiger partial charge in [0.1, 0.15) is 0 Å². The average molecular weight is 198 g/mol. The lowest BCUT2D eigenvalue weighted by molar-refractivity contribution is 0.203. The van der Waals surface area contributed by atoms with Gasteiger partial charge in [0.2, 0.25) is 0 Å². The van der Waals surface area contributed by atoms with Crippen molar-refractivity contribution in [3.8, 4) is 0 Å². The molecule has 2 amide bonds. The van der Waals surface area contributed by atoms with Crippen molar-refractivity contribution in [1.82, 2.24) is 10.2 Å². The molecule has 0 saturated carbocycles. The van der Waals surface area contributed by atoms with E-state index < -0.39 is 0 Å². The molecule has 0 aromatic rings. The second-order valence-corrected chi connectivity index (χ2v) is 4.84. The number of urea groups is 1. The molecule has 14 heavy (non-hydrogen) atoms. The Morgan fingerprint density at radius 3 is 2.43 bits per heavy atom. The highest BCUT2D eigenvalue weighted by atomic mass is 16.2. The van der Waals surface area contributed by atoms with Gasteiger partial charge in [-0.3, -0.25) is 0 Å². The number of nitrogens with one attached hydrogen (secondary N) is 1. The Morgan fingerprint density at radius 1 is 1.36 bits per heavy atom. The number of carbonyl (C=O) groups excluding carboxylic acids is 1. The maximum atomic E-state index is 11.6. The number of amides is 2. The Balaban J connectivity index is 2.38. The van der Waals surface area contributed by atoms with E-state index >= 15 is 0 Å². The second kappa shape index (κ2) is 4.67. The largest absolute Gasteiger partial charge is 0.336 e. The van der Waals surface area contributed by atoms with Gasteiger partial charge in [0.05, 0.1) is 0 Å². The normalized spacial score (nSPS) is 22.1. The summed E-state index contributed by atoms with van der Waals surface area (Å²) in [5.41, 5.74) is 0. The maximum Gasteiger partial charge on any atom is 0.317 e. The van der Waals surface area contributed by atoms with E-state index in [0.717, 1.165) is 19.5 Å². The molecule has 0 spiro atoms. The van der Waals surface area contributed by atoms with E-state index in [1.54, 1.807) is 0 Å². The second-order valence-electron chi connectivity index (χ2n) is 4.84. The molecule has 1 N–H and O–H groups in total. The fraction of sp³-hybridized carbons (Fsp3) is 0.909. The van der Waals surface area contributed by atoms with Crippen molar-refractivity contribution in [1.29, 1.82) is 0 Å². The molecule has 1 saturated heterocycles. The number of nitrogens with zero attached hydrogens (tertiary/aromatic N) is 1. The van der Waals surface area contributed by atoms with E-state index in [0.29, 0.717) is 11.8 Å². The van der Waals surface area contributed by atoms with Crippen molar-refractivity contribution in [3.05, 3.63) is 0 Å². The molecule has 1 atom stereocenters. The first-order valence-electron chi connectivity index (χ1n) is 5.56. The molecule has 0 aromatic carbocycles. The minimum atomic E-state index is 0.100. The summed E-state index contributed by atoms with van der Waals surface area (Å²) in [6, 6.07) is 0.337. The molecule has 3 nitrogen and oxygen atoms in total. The third kappa shape index (κ3) is 2.89. The molecule has 0 aliphatic carbocycles. The van der Waals surface area contributed by atoms with Gasteiger partial charge in [-0.05, 0) is 32.1 Å². The predicted molar refractivity (Wildman–Crippen MR) is 58.2 cm³/mol. The van der Waals surface area contributed by atoms with Crippen LogP contribution < -0.4 is 5.32 Å². The van der Waals surface area contributed by atoms with Crippen molar-refractivity contribution in [2.45, 2.75) is 40.2 Å². The zero-order chi connectivity index (χ0) is 10.7. The minimum Gasteiger partial charge on any atom is -0.336 e. The van der Waals surface area contributed by atoms with E-state index in [1.807, 2.05) is 18.7 Å². The van der Waals surface area contributed by atoms with Gasteiger partial charge in [-0.25, -0.2) is 4.79 Å². The molecule has 0 aromatic heterocycles. The Morgan fingerprint density at radius 2 is 2.00 bits per heavy atom. The summed E-state index contributed by atoms with van der Waals surface area (Å²) in [6.07, 6.45) is 1.16. The predicted octanol–water partition coefficient (Wildman–Crippen LogP) is 2.08. The summed E-state index contributed by atoms with van der Waals surface area (Å²) >= 11 is 0. The van der Waals surface area contributed by atoms with E-state index in [1.165, 1.54) is 0 Å². The van der Waals surface area contributed by atoms with Crippen molar-refractivity contribution in [3.63, 3.8) is 0 Å². The number of likely N-dealkylation sites (tertiary alicyclic amines) is 1. The van der Waals surface area contributed by atoms with E-state index in [4.69, 9.17) is 0 Å². The molecule has 1 heterocycles. The van der Waals surface area contributed by atoms with Crippen LogP contribution in [0.15, 0.2) is 0 Å². The van der Waals surface area contributed by atoms with Crippen LogP contribution in [0.2, 0.25) is 0 Å². The topological polar surface area (TPSA) is 32.3 Å². The summed E-state index contributed by atoms with van der Waals surface area (Å²) in [7, 11) is 0. The number of carbonyl (C=O) groups is 1. The molecule has 1 unspecified atom stereocenters. The quantitative estimate of drug-likeness (QED) is 0.724. The molecular weight excluding hydrogens is 176 g/mol. The van der Waals surface area contributed by atoms with Crippen LogP contribution in [-0.2, 0) is 0 Å².